The zero-order chi connectivity index (χ0) is 25.8. The number of benzene rings is 1. The van der Waals surface area contributed by atoms with Crippen LogP contribution in [0.1, 0.15) is 53.6 Å². The highest BCUT2D eigenvalue weighted by Gasteiger charge is 2.29. The quantitative estimate of drug-likeness (QED) is 0.399. The van der Waals surface area contributed by atoms with Crippen LogP contribution in [-0.4, -0.2) is 49.6 Å². The molecule has 2 aliphatic heterocycles. The number of ether oxygens (including phenoxy) is 2. The first kappa shape index (κ1) is 22.9. The van der Waals surface area contributed by atoms with E-state index in [1.807, 2.05) is 31.2 Å². The Morgan fingerprint density at radius 1 is 1.08 bits per heavy atom. The van der Waals surface area contributed by atoms with Gasteiger partial charge in [0.05, 0.1) is 17.6 Å². The van der Waals surface area contributed by atoms with Crippen LogP contribution >= 0.6 is 0 Å². The molecule has 0 saturated carbocycles. The van der Waals surface area contributed by atoms with E-state index in [-0.39, 0.29) is 6.79 Å². The van der Waals surface area contributed by atoms with Gasteiger partial charge in [-0.05, 0) is 49.6 Å². The lowest BCUT2D eigenvalue weighted by atomic mass is 9.96. The number of H-pyrrole nitrogens is 1. The monoisotopic (exact) mass is 517 g/mol. The average Bonchev–Trinajstić information content (AvgIpc) is 3.73. The molecule has 1 saturated heterocycles. The number of rotatable bonds is 5. The van der Waals surface area contributed by atoms with Gasteiger partial charge in [0.1, 0.15) is 18.0 Å². The highest BCUT2D eigenvalue weighted by atomic mass is 19.3. The second kappa shape index (κ2) is 8.93. The van der Waals surface area contributed by atoms with Crippen molar-refractivity contribution in [2.24, 2.45) is 0 Å². The summed E-state index contributed by atoms with van der Waals surface area (Å²) in [6, 6.07) is 5.92. The van der Waals surface area contributed by atoms with Gasteiger partial charge < -0.3 is 19.4 Å². The number of alkyl halides is 2. The topological polar surface area (TPSA) is 94.0 Å². The molecule has 3 aliphatic rings. The highest BCUT2D eigenvalue weighted by molar-refractivity contribution is 5.90. The van der Waals surface area contributed by atoms with E-state index in [9.17, 15) is 8.78 Å². The molecule has 3 aromatic heterocycles. The fourth-order valence-corrected chi connectivity index (χ4v) is 5.53. The smallest absolute Gasteiger partial charge is 0.333 e. The Kier molecular flexibility index (Phi) is 5.38. The molecule has 0 bridgehead atoms. The van der Waals surface area contributed by atoms with Gasteiger partial charge >= 0.3 is 6.55 Å². The maximum atomic E-state index is 13.0. The molecule has 194 valence electrons. The lowest BCUT2D eigenvalue weighted by Crippen LogP contribution is -2.34. The molecule has 0 radical (unpaired) electrons. The number of halogens is 2. The fourth-order valence-electron chi connectivity index (χ4n) is 5.53. The van der Waals surface area contributed by atoms with E-state index < -0.39 is 6.55 Å². The zero-order valence-electron chi connectivity index (χ0n) is 20.7. The number of aromatic amines is 1. The number of nitrogens with one attached hydrogen (secondary N) is 1. The summed E-state index contributed by atoms with van der Waals surface area (Å²) in [5.74, 6) is 3.71. The molecule has 1 aromatic carbocycles. The Balaban J connectivity index is 1.07. The fraction of sp³-hybridized carbons (Fsp3) is 0.333. The molecule has 11 heteroatoms. The third-order valence-corrected chi connectivity index (χ3v) is 7.52. The van der Waals surface area contributed by atoms with Crippen molar-refractivity contribution in [2.75, 3.05) is 24.8 Å². The Morgan fingerprint density at radius 3 is 2.74 bits per heavy atom. The lowest BCUT2D eigenvalue weighted by Gasteiger charge is -2.32. The van der Waals surface area contributed by atoms with Gasteiger partial charge in [-0.15, -0.1) is 0 Å². The van der Waals surface area contributed by atoms with Gasteiger partial charge in [-0.25, -0.2) is 19.6 Å². The lowest BCUT2D eigenvalue weighted by molar-refractivity contribution is 0.0566. The normalized spacial score (nSPS) is 16.8. The van der Waals surface area contributed by atoms with Gasteiger partial charge in [0, 0.05) is 54.0 Å². The van der Waals surface area contributed by atoms with Crippen LogP contribution < -0.4 is 14.4 Å². The van der Waals surface area contributed by atoms with Crippen molar-refractivity contribution in [3.05, 3.63) is 65.3 Å². The molecule has 1 aliphatic carbocycles. The largest absolute Gasteiger partial charge is 0.454 e. The summed E-state index contributed by atoms with van der Waals surface area (Å²) in [6.07, 6.45) is 8.90. The first-order valence-corrected chi connectivity index (χ1v) is 12.6. The SMILES string of the molecule is Cc1[nH]c(C2CCN(c3ncnc4c3C=C(c3cnn(C(F)F)c3)C4)CC2)nc1-c1ccc2c(c1)OCO2. The van der Waals surface area contributed by atoms with Crippen LogP contribution in [0, 0.1) is 6.92 Å². The van der Waals surface area contributed by atoms with Gasteiger partial charge in [-0.3, -0.25) is 0 Å². The number of piperidine rings is 1. The van der Waals surface area contributed by atoms with Crippen molar-refractivity contribution in [3.8, 4) is 22.8 Å². The number of hydrogen-bond donors (Lipinski definition) is 1. The number of aryl methyl sites for hydroxylation is 1. The van der Waals surface area contributed by atoms with Crippen molar-refractivity contribution in [1.82, 2.24) is 29.7 Å². The van der Waals surface area contributed by atoms with E-state index in [2.05, 4.69) is 25.0 Å². The molecule has 1 fully saturated rings. The minimum Gasteiger partial charge on any atom is -0.454 e. The van der Waals surface area contributed by atoms with Crippen LogP contribution in [0.4, 0.5) is 14.6 Å². The molecule has 5 heterocycles. The molecule has 1 N–H and O–H groups in total. The summed E-state index contributed by atoms with van der Waals surface area (Å²) in [5.41, 5.74) is 6.44. The van der Waals surface area contributed by atoms with Crippen molar-refractivity contribution in [2.45, 2.75) is 38.7 Å². The first-order chi connectivity index (χ1) is 18.5. The summed E-state index contributed by atoms with van der Waals surface area (Å²) < 4.78 is 37.6. The van der Waals surface area contributed by atoms with Crippen LogP contribution in [-0.2, 0) is 6.42 Å². The molecule has 0 amide bonds. The van der Waals surface area contributed by atoms with Gasteiger partial charge in [-0.1, -0.05) is 0 Å². The molecular formula is C27H25F2N7O2. The van der Waals surface area contributed by atoms with Crippen molar-refractivity contribution < 1.29 is 18.3 Å². The van der Waals surface area contributed by atoms with E-state index in [0.29, 0.717) is 22.6 Å². The molecule has 0 spiro atoms. The van der Waals surface area contributed by atoms with Crippen LogP contribution in [0.5, 0.6) is 11.5 Å². The summed E-state index contributed by atoms with van der Waals surface area (Å²) in [5, 5.41) is 3.77. The Labute approximate surface area is 217 Å². The summed E-state index contributed by atoms with van der Waals surface area (Å²) in [7, 11) is 0. The minimum absolute atomic E-state index is 0.248. The Hall–Kier alpha value is -4.28. The van der Waals surface area contributed by atoms with E-state index in [1.165, 1.54) is 12.4 Å². The Bertz CT molecular complexity index is 1550. The molecule has 0 unspecified atom stereocenters. The second-order valence-corrected chi connectivity index (χ2v) is 9.82. The number of aromatic nitrogens is 6. The molecule has 38 heavy (non-hydrogen) atoms. The number of anilines is 1. The number of hydrogen-bond acceptors (Lipinski definition) is 7. The third-order valence-electron chi connectivity index (χ3n) is 7.52. The number of allylic oxidation sites excluding steroid dienone is 1. The number of nitrogens with zero attached hydrogens (tertiary/aromatic N) is 6. The van der Waals surface area contributed by atoms with Crippen LogP contribution in [0.25, 0.3) is 22.9 Å². The summed E-state index contributed by atoms with van der Waals surface area (Å²) in [4.78, 5) is 19.8. The summed E-state index contributed by atoms with van der Waals surface area (Å²) >= 11 is 0. The van der Waals surface area contributed by atoms with Crippen molar-refractivity contribution in [1.29, 1.82) is 0 Å². The van der Waals surface area contributed by atoms with Gasteiger partial charge in [0.25, 0.3) is 0 Å². The molecule has 4 aromatic rings. The van der Waals surface area contributed by atoms with Crippen LogP contribution in [0.2, 0.25) is 0 Å². The molecular weight excluding hydrogens is 492 g/mol. The minimum atomic E-state index is -2.66. The van der Waals surface area contributed by atoms with E-state index in [1.54, 1.807) is 6.33 Å². The van der Waals surface area contributed by atoms with E-state index >= 15 is 0 Å². The second-order valence-electron chi connectivity index (χ2n) is 9.82. The predicted octanol–water partition coefficient (Wildman–Crippen LogP) is 4.98. The molecule has 9 nitrogen and oxygen atoms in total. The van der Waals surface area contributed by atoms with Gasteiger partial charge in [0.2, 0.25) is 6.79 Å². The highest BCUT2D eigenvalue weighted by Crippen LogP contribution is 2.39. The number of fused-ring (bicyclic) bond motifs is 2. The molecule has 0 atom stereocenters. The maximum absolute atomic E-state index is 13.0. The summed E-state index contributed by atoms with van der Waals surface area (Å²) in [6.45, 7) is 1.30. The predicted molar refractivity (Wildman–Crippen MR) is 136 cm³/mol. The van der Waals surface area contributed by atoms with Crippen LogP contribution in [0.15, 0.2) is 36.9 Å². The standard InChI is InChI=1S/C27H25F2N7O2/c1-15-24(17-2-3-22-23(10-17)38-14-37-22)34-25(33-15)16-4-6-35(7-5-16)26-20-8-18(9-21(20)30-13-31-26)19-11-32-36(12-19)27(28)29/h2-3,8,10-13,16,27H,4-7,9,14H2,1H3,(H,33,34). The number of imidazole rings is 1. The van der Waals surface area contributed by atoms with Gasteiger partial charge in [-0.2, -0.15) is 13.9 Å². The average molecular weight is 518 g/mol. The van der Waals surface area contributed by atoms with E-state index in [0.717, 1.165) is 82.9 Å². The molecule has 7 rings (SSSR count). The van der Waals surface area contributed by atoms with Crippen molar-refractivity contribution in [3.63, 3.8) is 0 Å². The zero-order valence-corrected chi connectivity index (χ0v) is 20.7. The Morgan fingerprint density at radius 2 is 1.92 bits per heavy atom. The van der Waals surface area contributed by atoms with Crippen molar-refractivity contribution >= 4 is 17.5 Å². The van der Waals surface area contributed by atoms with E-state index in [4.69, 9.17) is 14.5 Å². The van der Waals surface area contributed by atoms with Gasteiger partial charge in [0.15, 0.2) is 11.5 Å². The maximum Gasteiger partial charge on any atom is 0.333 e. The van der Waals surface area contributed by atoms with Crippen LogP contribution in [0.3, 0.4) is 0 Å². The third kappa shape index (κ3) is 3.89. The first-order valence-electron chi connectivity index (χ1n) is 12.6.